The number of fused-ring (bicyclic) bond motifs is 5. The molecule has 29 heteroatoms. The third-order valence-electron chi connectivity index (χ3n) is 22.4. The Kier molecular flexibility index (Phi) is 22.4. The summed E-state index contributed by atoms with van der Waals surface area (Å²) in [5.74, 6) is -0.938. The zero-order valence-electron chi connectivity index (χ0n) is 51.5. The number of rotatable bonds is 21. The molecule has 0 bridgehead atoms. The van der Waals surface area contributed by atoms with Gasteiger partial charge in [0.15, 0.2) is 31.5 Å². The molecule has 29 nitrogen and oxygen atoms in total. The number of ether oxygens (including phenoxy) is 10. The zero-order chi connectivity index (χ0) is 65.4. The van der Waals surface area contributed by atoms with Gasteiger partial charge in [0.2, 0.25) is 0 Å². The van der Waals surface area contributed by atoms with Crippen LogP contribution in [0.4, 0.5) is 0 Å². The van der Waals surface area contributed by atoms with Crippen molar-refractivity contribution in [1.82, 2.24) is 0 Å². The number of aliphatic hydroxyl groups is 18. The van der Waals surface area contributed by atoms with Crippen LogP contribution in [0, 0.1) is 45.3 Å². The molecule has 18 N–H and O–H groups in total. The topological polar surface area (TPSA) is 474 Å². The van der Waals surface area contributed by atoms with Gasteiger partial charge in [-0.05, 0) is 93.3 Å². The summed E-state index contributed by atoms with van der Waals surface area (Å²) < 4.78 is 59.4. The second-order valence-corrected chi connectivity index (χ2v) is 28.3. The van der Waals surface area contributed by atoms with Crippen molar-refractivity contribution in [3.05, 3.63) is 11.6 Å². The highest BCUT2D eigenvalue weighted by Crippen LogP contribution is 2.74. The fourth-order valence-electron chi connectivity index (χ4n) is 16.8. The Morgan fingerprint density at radius 1 is 0.584 bits per heavy atom. The summed E-state index contributed by atoms with van der Waals surface area (Å²) in [6.45, 7) is 9.76. The van der Waals surface area contributed by atoms with Crippen LogP contribution in [0.15, 0.2) is 11.6 Å². The quantitative estimate of drug-likeness (QED) is 0.0478. The second kappa shape index (κ2) is 27.8. The van der Waals surface area contributed by atoms with Crippen molar-refractivity contribution < 1.29 is 144 Å². The summed E-state index contributed by atoms with van der Waals surface area (Å²) >= 11 is 0. The molecule has 0 aromatic rings. The molecule has 5 saturated heterocycles. The van der Waals surface area contributed by atoms with Crippen LogP contribution >= 0.6 is 0 Å². The van der Waals surface area contributed by atoms with Crippen LogP contribution in [0.25, 0.3) is 0 Å². The Morgan fingerprint density at radius 3 is 1.66 bits per heavy atom. The van der Waals surface area contributed by atoms with E-state index in [0.717, 1.165) is 18.4 Å². The first-order valence-corrected chi connectivity index (χ1v) is 31.5. The van der Waals surface area contributed by atoms with Crippen LogP contribution in [0.5, 0.6) is 0 Å². The first-order valence-electron chi connectivity index (χ1n) is 31.5. The van der Waals surface area contributed by atoms with E-state index < -0.39 is 232 Å². The highest BCUT2D eigenvalue weighted by atomic mass is 16.8. The van der Waals surface area contributed by atoms with E-state index >= 15 is 4.79 Å². The number of hydrogen-bond acceptors (Lipinski definition) is 29. The number of aliphatic hydroxyl groups excluding tert-OH is 17. The first kappa shape index (κ1) is 71.6. The molecule has 0 radical (unpaired) electrons. The predicted octanol–water partition coefficient (Wildman–Crippen LogP) is -5.20. The van der Waals surface area contributed by atoms with Gasteiger partial charge in [0.1, 0.15) is 110 Å². The SMILES string of the molecule is C[C@H](CC[C@@H](O[C@@H]1O[C@H](CO[C@@H]2O[C@H](CO)C[C@H](O)[C@H]2O)[C@@H](O)[C@H](O)[C@H]1O[C@@H]1O[C@H](CO)[C@@H](O)[C@H](O)[C@H]1O)C(C)(C)O)[C@H]1CC[C@@]2(C)[C@@H]3CC=C4[C@@H](CC[C@H](O[C@@H]5O[C@H](CO[C@@H]6O[C@H](CO)[C@@H](O)[C@H](O)[C@H]6O)[C@@H](O)[C@H](O)[C@H]5O)C4(C)C)[C@]3(CO)C(=O)C[C@]12C. The van der Waals surface area contributed by atoms with E-state index in [1.54, 1.807) is 0 Å². The average Bonchev–Trinajstić information content (AvgIpc) is 1.66. The smallest absolute Gasteiger partial charge is 0.187 e. The number of carbonyl (C=O) groups excluding carboxylic acids is 1. The molecule has 0 aromatic carbocycles. The van der Waals surface area contributed by atoms with E-state index in [9.17, 15) is 91.9 Å². The van der Waals surface area contributed by atoms with Crippen molar-refractivity contribution in [2.75, 3.05) is 39.6 Å². The minimum atomic E-state index is -1.95. The zero-order valence-corrected chi connectivity index (χ0v) is 51.5. The molecule has 0 aromatic heterocycles. The van der Waals surface area contributed by atoms with E-state index in [4.69, 9.17) is 47.4 Å². The van der Waals surface area contributed by atoms with Crippen LogP contribution < -0.4 is 0 Å². The highest BCUT2D eigenvalue weighted by molar-refractivity contribution is 5.89. The maximum atomic E-state index is 15.4. The monoisotopic (exact) mass is 1280 g/mol. The standard InChI is InChI=1S/C60H100O29/c1-24(8-12-37(57(4,5)79)88-55-50(89-54-49(78)44(73)40(69)31(20-63)84-54)46(75)42(71)33(86-55)22-80-51-38(67)29(65)16-25(18-61)82-51)26-14-15-58(6)34-11-9-27-28(60(34,23-64)35(66)17-59(26,58)7)10-13-36(56(27,2)3)87-53-48(77)45(74)41(70)32(85-53)21-81-52-47(76)43(72)39(68)30(19-62)83-52/h9,24-26,28-34,36-55,61-65,67-79H,8,10-23H2,1-7H3/t24-,25+,26-,28-,29+,30-,31-,32-,33-,34+,36+,37-,38-,39-,40-,41-,42-,43+,44+,45+,46+,47-,48-,49-,50-,51-,52-,53+,54+,55+,58+,59-,60+/m1/s1. The molecule has 8 fully saturated rings. The minimum absolute atomic E-state index is 0.0585. The molecular weight excluding hydrogens is 1180 g/mol. The van der Waals surface area contributed by atoms with Crippen molar-refractivity contribution >= 4 is 5.78 Å². The summed E-state index contributed by atoms with van der Waals surface area (Å²) in [6, 6.07) is 0. The van der Waals surface area contributed by atoms with Gasteiger partial charge in [0.25, 0.3) is 0 Å². The lowest BCUT2D eigenvalue weighted by Crippen LogP contribution is -2.66. The summed E-state index contributed by atoms with van der Waals surface area (Å²) in [4.78, 5) is 15.4. The van der Waals surface area contributed by atoms with Crippen LogP contribution in [0.2, 0.25) is 0 Å². The number of allylic oxidation sites excluding steroid dienone is 1. The third-order valence-corrected chi connectivity index (χ3v) is 22.4. The summed E-state index contributed by atoms with van der Waals surface area (Å²) in [6.07, 6.45) is -35.4. The number of carbonyl (C=O) groups is 1. The molecule has 0 spiro atoms. The summed E-state index contributed by atoms with van der Waals surface area (Å²) in [7, 11) is 0. The molecule has 9 rings (SSSR count). The van der Waals surface area contributed by atoms with Gasteiger partial charge in [-0.3, -0.25) is 4.79 Å². The van der Waals surface area contributed by atoms with E-state index in [0.29, 0.717) is 25.7 Å². The molecule has 33 atom stereocenters. The lowest BCUT2D eigenvalue weighted by Gasteiger charge is -2.65. The summed E-state index contributed by atoms with van der Waals surface area (Å²) in [5, 5.41) is 194. The van der Waals surface area contributed by atoms with Gasteiger partial charge in [0, 0.05) is 18.3 Å². The Balaban J connectivity index is 0.893. The molecule has 3 saturated carbocycles. The molecule has 5 aliphatic heterocycles. The Labute approximate surface area is 516 Å². The van der Waals surface area contributed by atoms with Crippen molar-refractivity contribution in [1.29, 1.82) is 0 Å². The number of Topliss-reactive ketones (excluding diaryl/α,β-unsaturated/α-hetero) is 1. The molecule has 0 unspecified atom stereocenters. The van der Waals surface area contributed by atoms with Crippen molar-refractivity contribution in [2.45, 2.75) is 271 Å². The van der Waals surface area contributed by atoms with E-state index in [2.05, 4.69) is 26.8 Å². The Hall–Kier alpha value is -1.71. The normalized spacial score (nSPS) is 50.1. The van der Waals surface area contributed by atoms with Gasteiger partial charge >= 0.3 is 0 Å². The molecule has 0 amide bonds. The number of ketones is 1. The van der Waals surface area contributed by atoms with Crippen molar-refractivity contribution in [3.8, 4) is 0 Å². The minimum Gasteiger partial charge on any atom is -0.395 e. The fraction of sp³-hybridized carbons (Fsp3) is 0.950. The molecule has 89 heavy (non-hydrogen) atoms. The van der Waals surface area contributed by atoms with Crippen LogP contribution in [0.3, 0.4) is 0 Å². The van der Waals surface area contributed by atoms with Gasteiger partial charge < -0.3 is 139 Å². The van der Waals surface area contributed by atoms with Gasteiger partial charge in [-0.15, -0.1) is 0 Å². The maximum absolute atomic E-state index is 15.4. The van der Waals surface area contributed by atoms with Crippen LogP contribution in [-0.2, 0) is 52.2 Å². The highest BCUT2D eigenvalue weighted by Gasteiger charge is 2.72. The largest absolute Gasteiger partial charge is 0.395 e. The van der Waals surface area contributed by atoms with Gasteiger partial charge in [0.05, 0.1) is 75.1 Å². The van der Waals surface area contributed by atoms with Crippen molar-refractivity contribution in [2.24, 2.45) is 45.3 Å². The Bertz CT molecular complexity index is 2380. The lowest BCUT2D eigenvalue weighted by atomic mass is 9.38. The van der Waals surface area contributed by atoms with Crippen molar-refractivity contribution in [3.63, 3.8) is 0 Å². The van der Waals surface area contributed by atoms with E-state index in [1.165, 1.54) is 13.8 Å². The second-order valence-electron chi connectivity index (χ2n) is 28.3. The lowest BCUT2D eigenvalue weighted by molar-refractivity contribution is -0.379. The molecule has 4 aliphatic carbocycles. The Morgan fingerprint density at radius 2 is 1.10 bits per heavy atom. The van der Waals surface area contributed by atoms with Crippen LogP contribution in [0.1, 0.15) is 106 Å². The van der Waals surface area contributed by atoms with Gasteiger partial charge in [-0.1, -0.05) is 46.3 Å². The molecule has 5 heterocycles. The first-order chi connectivity index (χ1) is 41.7. The van der Waals surface area contributed by atoms with E-state index in [1.807, 2.05) is 13.8 Å². The van der Waals surface area contributed by atoms with Gasteiger partial charge in [-0.25, -0.2) is 0 Å². The number of hydrogen-bond donors (Lipinski definition) is 18. The molecular formula is C60H100O29. The van der Waals surface area contributed by atoms with E-state index in [-0.39, 0.29) is 42.8 Å². The van der Waals surface area contributed by atoms with Crippen LogP contribution in [-0.4, -0.2) is 303 Å². The molecule has 9 aliphatic rings. The third kappa shape index (κ3) is 13.1. The predicted molar refractivity (Wildman–Crippen MR) is 299 cm³/mol. The van der Waals surface area contributed by atoms with Gasteiger partial charge in [-0.2, -0.15) is 0 Å². The average molecular weight is 1290 g/mol. The molecule has 514 valence electrons. The summed E-state index contributed by atoms with van der Waals surface area (Å²) in [5.41, 5.74) is -3.83. The fourth-order valence-corrected chi connectivity index (χ4v) is 16.8. The maximum Gasteiger partial charge on any atom is 0.187 e.